The molecule has 0 saturated carbocycles. The summed E-state index contributed by atoms with van der Waals surface area (Å²) in [5.41, 5.74) is 0.777. The number of benzene rings is 1. The van der Waals surface area contributed by atoms with Crippen molar-refractivity contribution in [3.63, 3.8) is 0 Å². The highest BCUT2D eigenvalue weighted by molar-refractivity contribution is 5.64. The van der Waals surface area contributed by atoms with Crippen LogP contribution in [0.5, 0.6) is 5.75 Å². The molecule has 0 aliphatic heterocycles. The second-order valence-electron chi connectivity index (χ2n) is 3.61. The van der Waals surface area contributed by atoms with Gasteiger partial charge in [0.1, 0.15) is 5.75 Å². The number of carboxylic acids is 1. The van der Waals surface area contributed by atoms with Gasteiger partial charge in [0, 0.05) is 18.0 Å². The third-order valence-corrected chi connectivity index (χ3v) is 2.36. The monoisotopic (exact) mass is 247 g/mol. The zero-order valence-electron chi connectivity index (χ0n) is 9.75. The zero-order chi connectivity index (χ0) is 13.0. The van der Waals surface area contributed by atoms with Gasteiger partial charge in [-0.3, -0.25) is 0 Å². The topological polar surface area (TPSA) is 88.3 Å². The third-order valence-electron chi connectivity index (χ3n) is 2.36. The molecule has 0 bridgehead atoms. The molecule has 6 nitrogen and oxygen atoms in total. The van der Waals surface area contributed by atoms with E-state index in [4.69, 9.17) is 9.26 Å². The van der Waals surface area contributed by atoms with Crippen LogP contribution < -0.4 is 9.84 Å². The number of methoxy groups -OCH3 is 1. The first kappa shape index (κ1) is 12.1. The molecule has 6 heteroatoms. The van der Waals surface area contributed by atoms with Crippen molar-refractivity contribution in [1.82, 2.24) is 10.1 Å². The highest BCUT2D eigenvalue weighted by Gasteiger charge is 2.08. The number of aromatic nitrogens is 2. The summed E-state index contributed by atoms with van der Waals surface area (Å²) in [6.45, 7) is 0. The number of hydrogen-bond donors (Lipinski definition) is 0. The summed E-state index contributed by atoms with van der Waals surface area (Å²) in [4.78, 5) is 14.4. The van der Waals surface area contributed by atoms with Crippen LogP contribution in [0.1, 0.15) is 12.3 Å². The Labute approximate surface area is 103 Å². The standard InChI is InChI=1S/C12H12N2O4/c1-17-9-4-2-8(3-5-9)12-13-10(18-14-12)6-7-11(15)16/h2-5H,6-7H2,1H3,(H,15,16)/p-1. The number of rotatable bonds is 5. The van der Waals surface area contributed by atoms with Crippen LogP contribution in [0.3, 0.4) is 0 Å². The van der Waals surface area contributed by atoms with Gasteiger partial charge in [-0.1, -0.05) is 5.16 Å². The number of aryl methyl sites for hydroxylation is 1. The molecule has 1 aromatic carbocycles. The Morgan fingerprint density at radius 3 is 2.72 bits per heavy atom. The maximum absolute atomic E-state index is 10.3. The molecule has 0 aliphatic carbocycles. The van der Waals surface area contributed by atoms with Gasteiger partial charge in [-0.15, -0.1) is 0 Å². The molecular weight excluding hydrogens is 236 g/mol. The largest absolute Gasteiger partial charge is 0.550 e. The van der Waals surface area contributed by atoms with Crippen LogP contribution in [-0.2, 0) is 11.2 Å². The van der Waals surface area contributed by atoms with Crippen LogP contribution in [0.4, 0.5) is 0 Å². The second kappa shape index (κ2) is 5.31. The quantitative estimate of drug-likeness (QED) is 0.761. The van der Waals surface area contributed by atoms with Crippen molar-refractivity contribution in [2.24, 2.45) is 0 Å². The number of carbonyl (C=O) groups excluding carboxylic acids is 1. The van der Waals surface area contributed by atoms with E-state index in [2.05, 4.69) is 10.1 Å². The lowest BCUT2D eigenvalue weighted by Gasteiger charge is -1.99. The van der Waals surface area contributed by atoms with Crippen LogP contribution in [0.2, 0.25) is 0 Å². The van der Waals surface area contributed by atoms with Crippen molar-refractivity contribution in [3.8, 4) is 17.1 Å². The lowest BCUT2D eigenvalue weighted by Crippen LogP contribution is -2.22. The minimum Gasteiger partial charge on any atom is -0.550 e. The molecule has 0 amide bonds. The van der Waals surface area contributed by atoms with Gasteiger partial charge in [0.15, 0.2) is 0 Å². The maximum atomic E-state index is 10.3. The average molecular weight is 247 g/mol. The van der Waals surface area contributed by atoms with Crippen molar-refractivity contribution >= 4 is 5.97 Å². The predicted octanol–water partition coefficient (Wildman–Crippen LogP) is 0.428. The highest BCUT2D eigenvalue weighted by atomic mass is 16.5. The van der Waals surface area contributed by atoms with Gasteiger partial charge in [-0.2, -0.15) is 4.98 Å². The first-order chi connectivity index (χ1) is 8.69. The number of carboxylic acid groups (broad SMARTS) is 1. The Morgan fingerprint density at radius 2 is 2.11 bits per heavy atom. The van der Waals surface area contributed by atoms with E-state index in [1.807, 2.05) is 0 Å². The van der Waals surface area contributed by atoms with Gasteiger partial charge in [0.05, 0.1) is 7.11 Å². The Kier molecular flexibility index (Phi) is 3.57. The Hall–Kier alpha value is -2.37. The average Bonchev–Trinajstić information content (AvgIpc) is 2.85. The fourth-order valence-corrected chi connectivity index (χ4v) is 1.42. The molecule has 18 heavy (non-hydrogen) atoms. The maximum Gasteiger partial charge on any atom is 0.227 e. The molecule has 0 spiro atoms. The molecule has 0 fully saturated rings. The minimum absolute atomic E-state index is 0.135. The van der Waals surface area contributed by atoms with E-state index in [0.29, 0.717) is 5.82 Å². The van der Waals surface area contributed by atoms with Crippen molar-refractivity contribution in [1.29, 1.82) is 0 Å². The molecular formula is C12H11N2O4-. The molecule has 2 rings (SSSR count). The van der Waals surface area contributed by atoms with Crippen LogP contribution in [0, 0.1) is 0 Å². The summed E-state index contributed by atoms with van der Waals surface area (Å²) in [6.07, 6.45) is 0.0374. The number of hydrogen-bond acceptors (Lipinski definition) is 6. The summed E-state index contributed by atoms with van der Waals surface area (Å²) in [5.74, 6) is 0.301. The van der Waals surface area contributed by atoms with Crippen LogP contribution in [-0.4, -0.2) is 23.2 Å². The van der Waals surface area contributed by atoms with Crippen molar-refractivity contribution in [2.75, 3.05) is 7.11 Å². The summed E-state index contributed by atoms with van der Waals surface area (Å²) in [5, 5.41) is 14.1. The molecule has 94 valence electrons. The summed E-state index contributed by atoms with van der Waals surface area (Å²) in [7, 11) is 1.58. The van der Waals surface area contributed by atoms with Gasteiger partial charge < -0.3 is 19.2 Å². The molecule has 0 N–H and O–H groups in total. The lowest BCUT2D eigenvalue weighted by atomic mass is 10.2. The molecule has 0 atom stereocenters. The molecule has 1 heterocycles. The molecule has 2 aromatic rings. The molecule has 0 saturated heterocycles. The molecule has 1 aromatic heterocycles. The Bertz CT molecular complexity index is 533. The van der Waals surface area contributed by atoms with Gasteiger partial charge in [0.25, 0.3) is 0 Å². The van der Waals surface area contributed by atoms with Gasteiger partial charge in [0.2, 0.25) is 11.7 Å². The van der Waals surface area contributed by atoms with E-state index in [0.717, 1.165) is 11.3 Å². The van der Waals surface area contributed by atoms with Crippen LogP contribution >= 0.6 is 0 Å². The summed E-state index contributed by atoms with van der Waals surface area (Å²) in [6, 6.07) is 7.16. The SMILES string of the molecule is COc1ccc(-c2noc(CCC(=O)[O-])n2)cc1. The van der Waals surface area contributed by atoms with E-state index in [1.165, 1.54) is 0 Å². The Morgan fingerprint density at radius 1 is 1.39 bits per heavy atom. The number of ether oxygens (including phenoxy) is 1. The fraction of sp³-hybridized carbons (Fsp3) is 0.250. The number of aliphatic carboxylic acids is 1. The van der Waals surface area contributed by atoms with Gasteiger partial charge in [-0.25, -0.2) is 0 Å². The van der Waals surface area contributed by atoms with E-state index >= 15 is 0 Å². The van der Waals surface area contributed by atoms with Gasteiger partial charge in [-0.05, 0) is 30.7 Å². The smallest absolute Gasteiger partial charge is 0.227 e. The Balaban J connectivity index is 2.10. The zero-order valence-corrected chi connectivity index (χ0v) is 9.75. The molecule has 0 aliphatic rings. The number of nitrogens with zero attached hydrogens (tertiary/aromatic N) is 2. The lowest BCUT2D eigenvalue weighted by molar-refractivity contribution is -0.305. The normalized spacial score (nSPS) is 10.3. The highest BCUT2D eigenvalue weighted by Crippen LogP contribution is 2.19. The van der Waals surface area contributed by atoms with Crippen molar-refractivity contribution in [2.45, 2.75) is 12.8 Å². The van der Waals surface area contributed by atoms with Crippen LogP contribution in [0.25, 0.3) is 11.4 Å². The third kappa shape index (κ3) is 2.85. The second-order valence-corrected chi connectivity index (χ2v) is 3.61. The number of carbonyl (C=O) groups is 1. The first-order valence-electron chi connectivity index (χ1n) is 5.36. The first-order valence-corrected chi connectivity index (χ1v) is 5.36. The fourth-order valence-electron chi connectivity index (χ4n) is 1.42. The summed E-state index contributed by atoms with van der Waals surface area (Å²) < 4.78 is 9.98. The molecule has 0 radical (unpaired) electrons. The van der Waals surface area contributed by atoms with E-state index < -0.39 is 5.97 Å². The van der Waals surface area contributed by atoms with Crippen molar-refractivity contribution in [3.05, 3.63) is 30.2 Å². The predicted molar refractivity (Wildman–Crippen MR) is 59.6 cm³/mol. The van der Waals surface area contributed by atoms with E-state index in [1.54, 1.807) is 31.4 Å². The molecule has 0 unspecified atom stereocenters. The van der Waals surface area contributed by atoms with E-state index in [-0.39, 0.29) is 18.7 Å². The van der Waals surface area contributed by atoms with Gasteiger partial charge >= 0.3 is 0 Å². The van der Waals surface area contributed by atoms with Crippen LogP contribution in [0.15, 0.2) is 28.8 Å². The van der Waals surface area contributed by atoms with E-state index in [9.17, 15) is 9.90 Å². The minimum atomic E-state index is -1.14. The van der Waals surface area contributed by atoms with Crippen molar-refractivity contribution < 1.29 is 19.2 Å². The summed E-state index contributed by atoms with van der Waals surface area (Å²) >= 11 is 0.